The zero-order valence-electron chi connectivity index (χ0n) is 21.7. The normalized spacial score (nSPS) is 11.5. The maximum absolute atomic E-state index is 6.39. The maximum Gasteiger partial charge on any atom is 0.136 e. The molecule has 0 aliphatic carbocycles. The number of fused-ring (bicyclic) bond motifs is 4. The molecular weight excluding hydrogens is 504 g/mol. The van der Waals surface area contributed by atoms with Crippen LogP contribution in [-0.4, -0.2) is 0 Å². The molecule has 6 aromatic carbocycles. The number of rotatable bonds is 4. The summed E-state index contributed by atoms with van der Waals surface area (Å²) in [4.78, 5) is 2.54. The van der Waals surface area contributed by atoms with Gasteiger partial charge >= 0.3 is 0 Å². The molecule has 1 nitrogen and oxygen atoms in total. The quantitative estimate of drug-likeness (QED) is 0.221. The van der Waals surface area contributed by atoms with Crippen molar-refractivity contribution >= 4 is 44.0 Å². The van der Waals surface area contributed by atoms with Gasteiger partial charge in [-0.25, -0.2) is 0 Å². The first kappa shape index (κ1) is 23.0. The molecule has 0 fully saturated rings. The summed E-state index contributed by atoms with van der Waals surface area (Å²) in [7, 11) is 0. The van der Waals surface area contributed by atoms with E-state index < -0.39 is 0 Å². The number of hydrogen-bond donors (Lipinski definition) is 0. The molecule has 0 radical (unpaired) electrons. The number of hydrogen-bond acceptors (Lipinski definition) is 2. The van der Waals surface area contributed by atoms with E-state index in [1.807, 2.05) is 17.4 Å². The minimum atomic E-state index is 0.916. The van der Waals surface area contributed by atoms with Crippen LogP contribution in [0.4, 0.5) is 0 Å². The highest BCUT2D eigenvalue weighted by Gasteiger charge is 2.21. The van der Waals surface area contributed by atoms with Gasteiger partial charge in [0.1, 0.15) is 11.2 Å². The van der Waals surface area contributed by atoms with Gasteiger partial charge in [-0.15, -0.1) is 11.3 Å². The van der Waals surface area contributed by atoms with Crippen molar-refractivity contribution in [3.8, 4) is 43.1 Å². The van der Waals surface area contributed by atoms with E-state index in [0.29, 0.717) is 0 Å². The third-order valence-corrected chi connectivity index (χ3v) is 9.01. The van der Waals surface area contributed by atoms with Crippen molar-refractivity contribution in [2.75, 3.05) is 0 Å². The molecule has 2 heterocycles. The molecule has 8 aromatic rings. The first-order valence-corrected chi connectivity index (χ1v) is 14.3. The van der Waals surface area contributed by atoms with E-state index in [-0.39, 0.29) is 0 Å². The molecule has 0 unspecified atom stereocenters. The monoisotopic (exact) mass is 528 g/mol. The third kappa shape index (κ3) is 3.69. The summed E-state index contributed by atoms with van der Waals surface area (Å²) in [6.07, 6.45) is 0. The van der Waals surface area contributed by atoms with Gasteiger partial charge in [0, 0.05) is 42.4 Å². The van der Waals surface area contributed by atoms with Crippen LogP contribution >= 0.6 is 11.3 Å². The highest BCUT2D eigenvalue weighted by Crippen LogP contribution is 2.49. The minimum absolute atomic E-state index is 0.916. The van der Waals surface area contributed by atoms with E-state index in [1.54, 1.807) is 0 Å². The van der Waals surface area contributed by atoms with Crippen LogP contribution in [-0.2, 0) is 0 Å². The Morgan fingerprint density at radius 1 is 0.350 bits per heavy atom. The Kier molecular flexibility index (Phi) is 5.39. The van der Waals surface area contributed by atoms with Crippen LogP contribution in [0.5, 0.6) is 0 Å². The molecule has 8 rings (SSSR count). The molecule has 2 aromatic heterocycles. The summed E-state index contributed by atoms with van der Waals surface area (Å²) in [6, 6.07) is 51.8. The van der Waals surface area contributed by atoms with Crippen molar-refractivity contribution in [2.24, 2.45) is 0 Å². The van der Waals surface area contributed by atoms with Crippen LogP contribution < -0.4 is 0 Å². The molecular formula is C38H24OS. The van der Waals surface area contributed by atoms with Crippen LogP contribution in [0.1, 0.15) is 0 Å². The number of thiophene rings is 1. The van der Waals surface area contributed by atoms with Crippen molar-refractivity contribution in [3.63, 3.8) is 0 Å². The first-order chi connectivity index (χ1) is 19.8. The molecule has 0 spiro atoms. The molecule has 0 bridgehead atoms. The summed E-state index contributed by atoms with van der Waals surface area (Å²) in [6.45, 7) is 0. The highest BCUT2D eigenvalue weighted by atomic mass is 32.1. The van der Waals surface area contributed by atoms with Crippen LogP contribution in [0, 0.1) is 0 Å². The van der Waals surface area contributed by atoms with Gasteiger partial charge in [0.15, 0.2) is 0 Å². The third-order valence-electron chi connectivity index (χ3n) is 7.72. The van der Waals surface area contributed by atoms with E-state index in [4.69, 9.17) is 4.42 Å². The van der Waals surface area contributed by atoms with Crippen molar-refractivity contribution in [1.82, 2.24) is 0 Å². The molecule has 2 heteroatoms. The second kappa shape index (κ2) is 9.37. The second-order valence-electron chi connectivity index (χ2n) is 10.1. The summed E-state index contributed by atoms with van der Waals surface area (Å²) in [5, 5.41) is 4.83. The number of para-hydroxylation sites is 1. The largest absolute Gasteiger partial charge is 0.456 e. The average Bonchev–Trinajstić information content (AvgIpc) is 3.59. The van der Waals surface area contributed by atoms with Gasteiger partial charge < -0.3 is 4.42 Å². The molecule has 40 heavy (non-hydrogen) atoms. The van der Waals surface area contributed by atoms with Gasteiger partial charge in [-0.2, -0.15) is 0 Å². The standard InChI is InChI=1S/C38H24OS/c1-3-13-25(14-4-1)27-17-7-8-19-29(27)37-30-20-9-10-21-31(30)38(40-37)34-24-36-33(28-18-11-12-22-35(28)39-36)23-32(34)26-15-5-2-6-16-26/h1-24H. The van der Waals surface area contributed by atoms with Crippen molar-refractivity contribution in [1.29, 1.82) is 0 Å². The van der Waals surface area contributed by atoms with Crippen LogP contribution in [0.2, 0.25) is 0 Å². The predicted molar refractivity (Wildman–Crippen MR) is 171 cm³/mol. The van der Waals surface area contributed by atoms with Crippen LogP contribution in [0.3, 0.4) is 0 Å². The predicted octanol–water partition coefficient (Wildman–Crippen LogP) is 11.5. The van der Waals surface area contributed by atoms with E-state index in [0.717, 1.165) is 21.9 Å². The molecule has 0 aliphatic heterocycles. The van der Waals surface area contributed by atoms with Gasteiger partial charge in [-0.3, -0.25) is 0 Å². The maximum atomic E-state index is 6.39. The lowest BCUT2D eigenvalue weighted by atomic mass is 9.94. The molecule has 0 aliphatic rings. The fraction of sp³-hybridized carbons (Fsp3) is 0. The average molecular weight is 529 g/mol. The molecule has 0 atom stereocenters. The first-order valence-electron chi connectivity index (χ1n) is 13.5. The van der Waals surface area contributed by atoms with E-state index in [2.05, 4.69) is 140 Å². The summed E-state index contributed by atoms with van der Waals surface area (Å²) in [5.41, 5.74) is 9.18. The van der Waals surface area contributed by atoms with E-state index >= 15 is 0 Å². The topological polar surface area (TPSA) is 13.1 Å². The van der Waals surface area contributed by atoms with E-state index in [1.165, 1.54) is 53.9 Å². The zero-order chi connectivity index (χ0) is 26.5. The number of benzene rings is 6. The summed E-state index contributed by atoms with van der Waals surface area (Å²) in [5.74, 6) is 0. The van der Waals surface area contributed by atoms with Gasteiger partial charge in [0.2, 0.25) is 0 Å². The van der Waals surface area contributed by atoms with Crippen LogP contribution in [0.15, 0.2) is 150 Å². The summed E-state index contributed by atoms with van der Waals surface area (Å²) >= 11 is 1.87. The molecule has 0 N–H and O–H groups in total. The molecule has 0 saturated carbocycles. The Morgan fingerprint density at radius 2 is 0.875 bits per heavy atom. The fourth-order valence-corrected chi connectivity index (χ4v) is 7.20. The smallest absolute Gasteiger partial charge is 0.136 e. The van der Waals surface area contributed by atoms with Gasteiger partial charge in [0.05, 0.1) is 0 Å². The minimum Gasteiger partial charge on any atom is -0.456 e. The molecule has 0 amide bonds. The van der Waals surface area contributed by atoms with Crippen molar-refractivity contribution in [3.05, 3.63) is 146 Å². The highest BCUT2D eigenvalue weighted by molar-refractivity contribution is 7.21. The SMILES string of the molecule is c1ccc(-c2ccccc2-c2sc(-c3cc4oc5ccccc5c4cc3-c3ccccc3)c3ccccc23)cc1. The van der Waals surface area contributed by atoms with Crippen LogP contribution in [0.25, 0.3) is 75.8 Å². The molecule has 0 saturated heterocycles. The molecule has 188 valence electrons. The lowest BCUT2D eigenvalue weighted by molar-refractivity contribution is 0.669. The Balaban J connectivity index is 1.44. The van der Waals surface area contributed by atoms with Gasteiger partial charge in [-0.05, 0) is 40.5 Å². The Hall–Kier alpha value is -4.92. The van der Waals surface area contributed by atoms with E-state index in [9.17, 15) is 0 Å². The Labute approximate surface area is 236 Å². The van der Waals surface area contributed by atoms with Gasteiger partial charge in [0.25, 0.3) is 0 Å². The Bertz CT molecular complexity index is 2150. The zero-order valence-corrected chi connectivity index (χ0v) is 22.5. The lowest BCUT2D eigenvalue weighted by Gasteiger charge is -2.10. The second-order valence-corrected chi connectivity index (χ2v) is 11.1. The number of furan rings is 1. The van der Waals surface area contributed by atoms with Crippen molar-refractivity contribution in [2.45, 2.75) is 0 Å². The van der Waals surface area contributed by atoms with Crippen molar-refractivity contribution < 1.29 is 4.42 Å². The lowest BCUT2D eigenvalue weighted by Crippen LogP contribution is -1.84. The fourth-order valence-electron chi connectivity index (χ4n) is 5.86. The summed E-state index contributed by atoms with van der Waals surface area (Å²) < 4.78 is 6.39. The Morgan fingerprint density at radius 3 is 1.57 bits per heavy atom. The van der Waals surface area contributed by atoms with Gasteiger partial charge in [-0.1, -0.05) is 127 Å².